The van der Waals surface area contributed by atoms with Crippen molar-refractivity contribution < 1.29 is 24.1 Å². The van der Waals surface area contributed by atoms with Crippen LogP contribution in [-0.4, -0.2) is 59.8 Å². The minimum atomic E-state index is -0.604. The molecule has 2 saturated heterocycles. The standard InChI is InChI=1S/C31H37N3O5/c1-21-28(18-34-15-5-9-27(34)20-37-2)38-31(39-29(21)23-12-10-22(19-35)11-13-23)24-6-3-8-26(16-24)33-30(36)25-7-4-14-32-17-25/h3-4,6-8,10-14,16-17,21,27-29,31,35H,5,9,15,18-20H2,1-2H3,(H,33,36)/t21-,27-,28+,29+,31+/m0/s1. The zero-order valence-corrected chi connectivity index (χ0v) is 22.5. The highest BCUT2D eigenvalue weighted by atomic mass is 16.7. The number of nitrogens with one attached hydrogen (secondary N) is 1. The summed E-state index contributed by atoms with van der Waals surface area (Å²) in [4.78, 5) is 19.2. The van der Waals surface area contributed by atoms with Gasteiger partial charge in [-0.15, -0.1) is 0 Å². The number of hydrogen-bond acceptors (Lipinski definition) is 7. The number of hydrogen-bond donors (Lipinski definition) is 2. The molecule has 3 heterocycles. The topological polar surface area (TPSA) is 93.2 Å². The number of nitrogens with zero attached hydrogens (tertiary/aromatic N) is 2. The summed E-state index contributed by atoms with van der Waals surface area (Å²) in [6, 6.07) is 19.4. The lowest BCUT2D eigenvalue weighted by atomic mass is 9.90. The van der Waals surface area contributed by atoms with Crippen molar-refractivity contribution in [2.24, 2.45) is 5.92 Å². The van der Waals surface area contributed by atoms with Crippen LogP contribution in [0.5, 0.6) is 0 Å². The van der Waals surface area contributed by atoms with Crippen LogP contribution in [0.2, 0.25) is 0 Å². The lowest BCUT2D eigenvalue weighted by Crippen LogP contribution is -2.46. The largest absolute Gasteiger partial charge is 0.392 e. The molecule has 1 amide bonds. The molecule has 2 fully saturated rings. The van der Waals surface area contributed by atoms with Gasteiger partial charge in [0.2, 0.25) is 0 Å². The van der Waals surface area contributed by atoms with Crippen molar-refractivity contribution >= 4 is 11.6 Å². The Hall–Kier alpha value is -3.14. The molecule has 206 valence electrons. The van der Waals surface area contributed by atoms with Gasteiger partial charge in [0.15, 0.2) is 6.29 Å². The van der Waals surface area contributed by atoms with E-state index in [0.29, 0.717) is 23.9 Å². The Balaban J connectivity index is 1.39. The number of anilines is 1. The number of likely N-dealkylation sites (tertiary alicyclic amines) is 1. The molecule has 5 atom stereocenters. The minimum Gasteiger partial charge on any atom is -0.392 e. The highest BCUT2D eigenvalue weighted by Gasteiger charge is 2.40. The quantitative estimate of drug-likeness (QED) is 0.412. The SMILES string of the molecule is COC[C@@H]1CCCN1C[C@H]1O[C@@H](c2cccc(NC(=O)c3cccnc3)c2)O[C@@H](c2ccc(CO)cc2)[C@H]1C. The molecule has 2 N–H and O–H groups in total. The second-order valence-corrected chi connectivity index (χ2v) is 10.4. The number of methoxy groups -OCH3 is 1. The summed E-state index contributed by atoms with van der Waals surface area (Å²) >= 11 is 0. The molecule has 0 saturated carbocycles. The molecule has 2 aliphatic rings. The average Bonchev–Trinajstić information content (AvgIpc) is 3.41. The van der Waals surface area contributed by atoms with E-state index in [9.17, 15) is 9.90 Å². The van der Waals surface area contributed by atoms with Crippen LogP contribution in [0.25, 0.3) is 0 Å². The van der Waals surface area contributed by atoms with E-state index in [1.807, 2.05) is 48.5 Å². The second kappa shape index (κ2) is 12.8. The number of aliphatic hydroxyl groups is 1. The third-order valence-corrected chi connectivity index (χ3v) is 7.74. The minimum absolute atomic E-state index is 0.00310. The first-order valence-corrected chi connectivity index (χ1v) is 13.6. The summed E-state index contributed by atoms with van der Waals surface area (Å²) in [5, 5.41) is 12.5. The number of carbonyl (C=O) groups excluding carboxylic acids is 1. The van der Waals surface area contributed by atoms with E-state index in [1.54, 1.807) is 31.6 Å². The van der Waals surface area contributed by atoms with Crippen molar-refractivity contribution in [3.63, 3.8) is 0 Å². The van der Waals surface area contributed by atoms with Gasteiger partial charge in [-0.2, -0.15) is 0 Å². The van der Waals surface area contributed by atoms with Crippen LogP contribution in [0.1, 0.15) is 59.2 Å². The third kappa shape index (κ3) is 6.54. The van der Waals surface area contributed by atoms with Crippen LogP contribution in [0.15, 0.2) is 73.1 Å². The molecule has 2 aliphatic heterocycles. The fourth-order valence-corrected chi connectivity index (χ4v) is 5.54. The third-order valence-electron chi connectivity index (χ3n) is 7.74. The van der Waals surface area contributed by atoms with Crippen LogP contribution in [0.3, 0.4) is 0 Å². The van der Waals surface area contributed by atoms with Gasteiger partial charge in [0.05, 0.1) is 31.0 Å². The van der Waals surface area contributed by atoms with Crippen LogP contribution in [0.4, 0.5) is 5.69 Å². The molecular formula is C31H37N3O5. The summed E-state index contributed by atoms with van der Waals surface area (Å²) in [5.41, 5.74) is 3.90. The predicted molar refractivity (Wildman–Crippen MR) is 148 cm³/mol. The Bertz CT molecular complexity index is 1220. The van der Waals surface area contributed by atoms with Crippen molar-refractivity contribution in [3.8, 4) is 0 Å². The van der Waals surface area contributed by atoms with Crippen molar-refractivity contribution in [2.45, 2.75) is 50.9 Å². The molecule has 39 heavy (non-hydrogen) atoms. The van der Waals surface area contributed by atoms with Gasteiger partial charge in [-0.05, 0) is 54.8 Å². The predicted octanol–water partition coefficient (Wildman–Crippen LogP) is 4.73. The summed E-state index contributed by atoms with van der Waals surface area (Å²) < 4.78 is 18.7. The van der Waals surface area contributed by atoms with Crippen LogP contribution in [-0.2, 0) is 20.8 Å². The number of carbonyl (C=O) groups is 1. The zero-order valence-electron chi connectivity index (χ0n) is 22.5. The molecule has 8 heteroatoms. The van der Waals surface area contributed by atoms with Crippen molar-refractivity contribution in [1.29, 1.82) is 0 Å². The molecule has 0 bridgehead atoms. The number of amides is 1. The van der Waals surface area contributed by atoms with Gasteiger partial charge in [0.1, 0.15) is 0 Å². The van der Waals surface area contributed by atoms with E-state index in [1.165, 1.54) is 0 Å². The molecule has 2 aromatic carbocycles. The highest BCUT2D eigenvalue weighted by molar-refractivity contribution is 6.04. The molecule has 8 nitrogen and oxygen atoms in total. The maximum Gasteiger partial charge on any atom is 0.257 e. The summed E-state index contributed by atoms with van der Waals surface area (Å²) in [7, 11) is 1.76. The lowest BCUT2D eigenvalue weighted by Gasteiger charge is -2.43. The van der Waals surface area contributed by atoms with Crippen LogP contribution in [0, 0.1) is 5.92 Å². The summed E-state index contributed by atoms with van der Waals surface area (Å²) in [6.07, 6.45) is 4.59. The van der Waals surface area contributed by atoms with E-state index in [2.05, 4.69) is 22.1 Å². The number of aliphatic hydroxyl groups excluding tert-OH is 1. The Kier molecular flexibility index (Phi) is 9.01. The Labute approximate surface area is 229 Å². The van der Waals surface area contributed by atoms with Gasteiger partial charge in [-0.3, -0.25) is 14.7 Å². The van der Waals surface area contributed by atoms with Gasteiger partial charge in [-0.25, -0.2) is 0 Å². The van der Waals surface area contributed by atoms with Crippen molar-refractivity contribution in [1.82, 2.24) is 9.88 Å². The maximum atomic E-state index is 12.7. The van der Waals surface area contributed by atoms with E-state index in [4.69, 9.17) is 14.2 Å². The fourth-order valence-electron chi connectivity index (χ4n) is 5.54. The summed E-state index contributed by atoms with van der Waals surface area (Å²) in [5.74, 6) is -0.129. The normalized spacial score (nSPS) is 25.5. The molecule has 5 rings (SSSR count). The number of pyridine rings is 1. The van der Waals surface area contributed by atoms with E-state index in [0.717, 1.165) is 42.6 Å². The number of ether oxygens (including phenoxy) is 3. The molecule has 0 radical (unpaired) electrons. The van der Waals surface area contributed by atoms with Gasteiger partial charge in [0, 0.05) is 49.3 Å². The Morgan fingerprint density at radius 1 is 1.13 bits per heavy atom. The van der Waals surface area contributed by atoms with Gasteiger partial charge in [-0.1, -0.05) is 43.3 Å². The van der Waals surface area contributed by atoms with E-state index in [-0.39, 0.29) is 30.6 Å². The molecule has 0 unspecified atom stereocenters. The Morgan fingerprint density at radius 2 is 1.97 bits per heavy atom. The first-order chi connectivity index (χ1) is 19.1. The first kappa shape index (κ1) is 27.4. The first-order valence-electron chi connectivity index (χ1n) is 13.6. The van der Waals surface area contributed by atoms with Gasteiger partial charge >= 0.3 is 0 Å². The van der Waals surface area contributed by atoms with Gasteiger partial charge < -0.3 is 24.6 Å². The monoisotopic (exact) mass is 531 g/mol. The Morgan fingerprint density at radius 3 is 2.72 bits per heavy atom. The number of rotatable bonds is 9. The maximum absolute atomic E-state index is 12.7. The van der Waals surface area contributed by atoms with E-state index >= 15 is 0 Å². The summed E-state index contributed by atoms with van der Waals surface area (Å²) in [6.45, 7) is 4.71. The number of benzene rings is 2. The zero-order chi connectivity index (χ0) is 27.2. The van der Waals surface area contributed by atoms with Crippen LogP contribution < -0.4 is 5.32 Å². The molecule has 3 aromatic rings. The lowest BCUT2D eigenvalue weighted by molar-refractivity contribution is -0.276. The van der Waals surface area contributed by atoms with Crippen LogP contribution >= 0.6 is 0 Å². The molecule has 0 spiro atoms. The highest BCUT2D eigenvalue weighted by Crippen LogP contribution is 2.42. The smallest absolute Gasteiger partial charge is 0.257 e. The van der Waals surface area contributed by atoms with Crippen molar-refractivity contribution in [2.75, 3.05) is 32.1 Å². The van der Waals surface area contributed by atoms with Gasteiger partial charge in [0.25, 0.3) is 5.91 Å². The molecule has 0 aliphatic carbocycles. The van der Waals surface area contributed by atoms with E-state index < -0.39 is 6.29 Å². The number of aromatic nitrogens is 1. The fraction of sp³-hybridized carbons (Fsp3) is 0.419. The molecule has 1 aromatic heterocycles. The van der Waals surface area contributed by atoms with Crippen molar-refractivity contribution in [3.05, 3.63) is 95.3 Å². The average molecular weight is 532 g/mol. The second-order valence-electron chi connectivity index (χ2n) is 10.4. The molecular weight excluding hydrogens is 494 g/mol.